The lowest BCUT2D eigenvalue weighted by atomic mass is 10.0. The Morgan fingerprint density at radius 2 is 2.05 bits per heavy atom. The molecule has 5 heteroatoms. The van der Waals surface area contributed by atoms with Crippen molar-refractivity contribution in [2.24, 2.45) is 0 Å². The molecule has 0 amide bonds. The predicted octanol–water partition coefficient (Wildman–Crippen LogP) is 1.49. The number of phenolic OH excluding ortho intramolecular Hbond substituents is 1. The van der Waals surface area contributed by atoms with Crippen LogP contribution in [0.2, 0.25) is 0 Å². The zero-order valence-corrected chi connectivity index (χ0v) is 11.9. The number of hydrogen-bond donors (Lipinski definition) is 3. The van der Waals surface area contributed by atoms with Crippen LogP contribution < -0.4 is 5.32 Å². The van der Waals surface area contributed by atoms with Gasteiger partial charge in [0.25, 0.3) is 0 Å². The first-order chi connectivity index (χ1) is 8.71. The SMILES string of the molecule is CC(NCC(C)(O)CN(C)C)c1ccc(F)cc1O. The van der Waals surface area contributed by atoms with Gasteiger partial charge in [-0.05, 0) is 34.0 Å². The van der Waals surface area contributed by atoms with Crippen LogP contribution in [0.5, 0.6) is 5.75 Å². The molecule has 2 unspecified atom stereocenters. The molecule has 3 N–H and O–H groups in total. The first kappa shape index (κ1) is 15.9. The molecule has 0 aliphatic rings. The summed E-state index contributed by atoms with van der Waals surface area (Å²) in [5.74, 6) is -0.541. The second-order valence-electron chi connectivity index (χ2n) is 5.54. The van der Waals surface area contributed by atoms with E-state index >= 15 is 0 Å². The van der Waals surface area contributed by atoms with Crippen molar-refractivity contribution in [2.45, 2.75) is 25.5 Å². The van der Waals surface area contributed by atoms with Crippen molar-refractivity contribution in [1.82, 2.24) is 10.2 Å². The molecule has 0 fully saturated rings. The summed E-state index contributed by atoms with van der Waals surface area (Å²) >= 11 is 0. The van der Waals surface area contributed by atoms with Crippen molar-refractivity contribution in [2.75, 3.05) is 27.2 Å². The lowest BCUT2D eigenvalue weighted by Gasteiger charge is -2.29. The van der Waals surface area contributed by atoms with Gasteiger partial charge in [0.05, 0.1) is 5.60 Å². The van der Waals surface area contributed by atoms with Gasteiger partial charge >= 0.3 is 0 Å². The van der Waals surface area contributed by atoms with Crippen molar-refractivity contribution < 1.29 is 14.6 Å². The molecule has 4 nitrogen and oxygen atoms in total. The fourth-order valence-electron chi connectivity index (χ4n) is 2.10. The van der Waals surface area contributed by atoms with E-state index in [4.69, 9.17) is 0 Å². The zero-order chi connectivity index (χ0) is 14.6. The Kier molecular flexibility index (Phi) is 5.29. The summed E-state index contributed by atoms with van der Waals surface area (Å²) in [6.07, 6.45) is 0. The summed E-state index contributed by atoms with van der Waals surface area (Å²) in [5.41, 5.74) is -0.255. The third-order valence-electron chi connectivity index (χ3n) is 2.90. The van der Waals surface area contributed by atoms with E-state index in [-0.39, 0.29) is 11.8 Å². The van der Waals surface area contributed by atoms with Crippen LogP contribution in [0, 0.1) is 5.82 Å². The predicted molar refractivity (Wildman–Crippen MR) is 73.7 cm³/mol. The number of hydrogen-bond acceptors (Lipinski definition) is 4. The molecule has 1 aromatic rings. The van der Waals surface area contributed by atoms with Crippen LogP contribution in [0.4, 0.5) is 4.39 Å². The lowest BCUT2D eigenvalue weighted by Crippen LogP contribution is -2.46. The van der Waals surface area contributed by atoms with Crippen molar-refractivity contribution in [3.63, 3.8) is 0 Å². The van der Waals surface area contributed by atoms with Crippen LogP contribution in [-0.4, -0.2) is 47.9 Å². The number of aliphatic hydroxyl groups is 1. The Balaban J connectivity index is 2.62. The van der Waals surface area contributed by atoms with Crippen LogP contribution in [0.15, 0.2) is 18.2 Å². The Hall–Kier alpha value is -1.17. The molecular formula is C14H23FN2O2. The average Bonchev–Trinajstić information content (AvgIpc) is 2.24. The third-order valence-corrected chi connectivity index (χ3v) is 2.90. The normalized spacial score (nSPS) is 16.4. The molecule has 1 aromatic carbocycles. The van der Waals surface area contributed by atoms with Gasteiger partial charge in [0.15, 0.2) is 0 Å². The number of rotatable bonds is 6. The van der Waals surface area contributed by atoms with E-state index < -0.39 is 11.4 Å². The number of benzene rings is 1. The summed E-state index contributed by atoms with van der Waals surface area (Å²) < 4.78 is 12.9. The topological polar surface area (TPSA) is 55.7 Å². The molecular weight excluding hydrogens is 247 g/mol. The smallest absolute Gasteiger partial charge is 0.126 e. The van der Waals surface area contributed by atoms with E-state index in [0.29, 0.717) is 18.7 Å². The maximum absolute atomic E-state index is 12.9. The van der Waals surface area contributed by atoms with Gasteiger partial charge in [0, 0.05) is 30.8 Å². The average molecular weight is 270 g/mol. The molecule has 108 valence electrons. The van der Waals surface area contributed by atoms with Gasteiger partial charge in [-0.3, -0.25) is 0 Å². The van der Waals surface area contributed by atoms with Gasteiger partial charge in [-0.1, -0.05) is 6.07 Å². The van der Waals surface area contributed by atoms with E-state index in [2.05, 4.69) is 5.32 Å². The first-order valence-corrected chi connectivity index (χ1v) is 6.30. The van der Waals surface area contributed by atoms with Gasteiger partial charge in [0.1, 0.15) is 11.6 Å². The number of phenols is 1. The summed E-state index contributed by atoms with van der Waals surface area (Å²) in [7, 11) is 3.79. The Labute approximate surface area is 113 Å². The highest BCUT2D eigenvalue weighted by Gasteiger charge is 2.22. The zero-order valence-electron chi connectivity index (χ0n) is 11.9. The Bertz CT molecular complexity index is 422. The molecule has 0 saturated carbocycles. The van der Waals surface area contributed by atoms with Crippen molar-refractivity contribution in [3.8, 4) is 5.75 Å². The number of nitrogens with zero attached hydrogens (tertiary/aromatic N) is 1. The van der Waals surface area contributed by atoms with Crippen LogP contribution >= 0.6 is 0 Å². The summed E-state index contributed by atoms with van der Waals surface area (Å²) in [6.45, 7) is 4.52. The molecule has 0 spiro atoms. The van der Waals surface area contributed by atoms with Gasteiger partial charge in [-0.2, -0.15) is 0 Å². The highest BCUT2D eigenvalue weighted by atomic mass is 19.1. The first-order valence-electron chi connectivity index (χ1n) is 6.30. The summed E-state index contributed by atoms with van der Waals surface area (Å²) in [5, 5.41) is 23.0. The van der Waals surface area contributed by atoms with Crippen molar-refractivity contribution in [1.29, 1.82) is 0 Å². The van der Waals surface area contributed by atoms with Crippen molar-refractivity contribution in [3.05, 3.63) is 29.6 Å². The molecule has 0 aliphatic carbocycles. The van der Waals surface area contributed by atoms with E-state index in [1.807, 2.05) is 25.9 Å². The second kappa shape index (κ2) is 6.32. The minimum atomic E-state index is -0.868. The van der Waals surface area contributed by atoms with Gasteiger partial charge in [-0.15, -0.1) is 0 Å². The third kappa shape index (κ3) is 5.14. The summed E-state index contributed by atoms with van der Waals surface area (Å²) in [6, 6.07) is 3.77. The van der Waals surface area contributed by atoms with E-state index in [0.717, 1.165) is 6.07 Å². The van der Waals surface area contributed by atoms with Gasteiger partial charge in [0.2, 0.25) is 0 Å². The van der Waals surface area contributed by atoms with E-state index in [9.17, 15) is 14.6 Å². The molecule has 0 aromatic heterocycles. The highest BCUT2D eigenvalue weighted by molar-refractivity contribution is 5.34. The molecule has 0 saturated heterocycles. The lowest BCUT2D eigenvalue weighted by molar-refractivity contribution is 0.0317. The Morgan fingerprint density at radius 1 is 1.42 bits per heavy atom. The van der Waals surface area contributed by atoms with Crippen molar-refractivity contribution >= 4 is 0 Å². The molecule has 0 bridgehead atoms. The largest absolute Gasteiger partial charge is 0.508 e. The minimum absolute atomic E-state index is 0.0766. The molecule has 0 heterocycles. The molecule has 1 rings (SSSR count). The fraction of sp³-hybridized carbons (Fsp3) is 0.571. The Morgan fingerprint density at radius 3 is 2.58 bits per heavy atom. The fourth-order valence-corrected chi connectivity index (χ4v) is 2.10. The van der Waals surface area contributed by atoms with Crippen LogP contribution in [-0.2, 0) is 0 Å². The maximum atomic E-state index is 12.9. The van der Waals surface area contributed by atoms with E-state index in [1.165, 1.54) is 6.07 Å². The molecule has 2 atom stereocenters. The monoisotopic (exact) mass is 270 g/mol. The maximum Gasteiger partial charge on any atom is 0.126 e. The van der Waals surface area contributed by atoms with E-state index in [1.54, 1.807) is 13.0 Å². The van der Waals surface area contributed by atoms with Gasteiger partial charge < -0.3 is 20.4 Å². The highest BCUT2D eigenvalue weighted by Crippen LogP contribution is 2.24. The van der Waals surface area contributed by atoms with Gasteiger partial charge in [-0.25, -0.2) is 4.39 Å². The molecule has 19 heavy (non-hydrogen) atoms. The second-order valence-corrected chi connectivity index (χ2v) is 5.54. The number of halogens is 1. The standard InChI is InChI=1S/C14H23FN2O2/c1-10(12-6-5-11(15)7-13(12)18)16-8-14(2,19)9-17(3)4/h5-7,10,16,18-19H,8-9H2,1-4H3. The minimum Gasteiger partial charge on any atom is -0.508 e. The molecule has 0 radical (unpaired) electrons. The van der Waals surface area contributed by atoms with Crippen LogP contribution in [0.3, 0.4) is 0 Å². The summed E-state index contributed by atoms with van der Waals surface area (Å²) in [4.78, 5) is 1.90. The van der Waals surface area contributed by atoms with Crippen LogP contribution in [0.25, 0.3) is 0 Å². The number of nitrogens with one attached hydrogen (secondary N) is 1. The number of aromatic hydroxyl groups is 1. The van der Waals surface area contributed by atoms with Crippen LogP contribution in [0.1, 0.15) is 25.5 Å². The number of likely N-dealkylation sites (N-methyl/N-ethyl adjacent to an activating group) is 1. The molecule has 0 aliphatic heterocycles. The quantitative estimate of drug-likeness (QED) is 0.733.